The first kappa shape index (κ1) is 21.0. The van der Waals surface area contributed by atoms with Crippen LogP contribution in [0.25, 0.3) is 6.08 Å². The minimum absolute atomic E-state index is 0.179. The molecule has 0 atom stereocenters. The molecule has 0 aliphatic carbocycles. The van der Waals surface area contributed by atoms with Gasteiger partial charge < -0.3 is 10.4 Å². The Labute approximate surface area is 164 Å². The van der Waals surface area contributed by atoms with Crippen molar-refractivity contribution in [1.82, 2.24) is 5.32 Å². The molecule has 0 unspecified atom stereocenters. The number of phenols is 1. The van der Waals surface area contributed by atoms with Gasteiger partial charge in [-0.2, -0.15) is 0 Å². The molecule has 0 aliphatic rings. The van der Waals surface area contributed by atoms with E-state index < -0.39 is 0 Å². The van der Waals surface area contributed by atoms with Crippen molar-refractivity contribution in [3.63, 3.8) is 0 Å². The van der Waals surface area contributed by atoms with E-state index in [2.05, 4.69) is 5.32 Å². The number of carbonyl (C=O) groups is 1. The Balaban J connectivity index is 2.44. The Morgan fingerprint density at radius 1 is 1.33 bits per heavy atom. The smallest absolute Gasteiger partial charge is 0.246 e. The van der Waals surface area contributed by atoms with Crippen molar-refractivity contribution < 1.29 is 14.3 Å². The van der Waals surface area contributed by atoms with Gasteiger partial charge in [0, 0.05) is 23.2 Å². The number of rotatable bonds is 5. The molecule has 2 rings (SSSR count). The summed E-state index contributed by atoms with van der Waals surface area (Å²) in [5, 5.41) is 12.9. The lowest BCUT2D eigenvalue weighted by atomic mass is 9.93. The fourth-order valence-corrected chi connectivity index (χ4v) is 3.34. The molecule has 0 heterocycles. The van der Waals surface area contributed by atoms with E-state index in [1.54, 1.807) is 26.0 Å². The van der Waals surface area contributed by atoms with Crippen LogP contribution in [-0.2, 0) is 11.2 Å². The largest absolute Gasteiger partial charge is 0.508 e. The van der Waals surface area contributed by atoms with Gasteiger partial charge in [-0.05, 0) is 66.6 Å². The second-order valence-corrected chi connectivity index (χ2v) is 7.40. The molecule has 0 spiro atoms. The third-order valence-electron chi connectivity index (χ3n) is 4.66. The molecule has 0 bridgehead atoms. The van der Waals surface area contributed by atoms with Gasteiger partial charge in [-0.15, -0.1) is 0 Å². The molecule has 0 saturated heterocycles. The third-order valence-corrected chi connectivity index (χ3v) is 5.00. The molecule has 0 aromatic heterocycles. The van der Waals surface area contributed by atoms with Gasteiger partial charge in [-0.25, -0.2) is 4.39 Å². The summed E-state index contributed by atoms with van der Waals surface area (Å²) in [7, 11) is 1.53. The summed E-state index contributed by atoms with van der Waals surface area (Å²) in [6.45, 7) is 7.32. The maximum absolute atomic E-state index is 14.9. The van der Waals surface area contributed by atoms with Gasteiger partial charge in [-0.1, -0.05) is 37.6 Å². The molecule has 2 aromatic rings. The number of likely N-dealkylation sites (N-methyl/N-ethyl adjacent to an activating group) is 1. The Kier molecular flexibility index (Phi) is 6.66. The summed E-state index contributed by atoms with van der Waals surface area (Å²) in [5.74, 6) is -0.218. The molecule has 144 valence electrons. The molecule has 3 nitrogen and oxygen atoms in total. The van der Waals surface area contributed by atoms with Crippen LogP contribution in [0.1, 0.15) is 54.5 Å². The summed E-state index contributed by atoms with van der Waals surface area (Å²) in [4.78, 5) is 11.7. The minimum Gasteiger partial charge on any atom is -0.508 e. The van der Waals surface area contributed by atoms with E-state index in [0.29, 0.717) is 28.1 Å². The first-order valence-electron chi connectivity index (χ1n) is 8.85. The molecule has 5 heteroatoms. The summed E-state index contributed by atoms with van der Waals surface area (Å²) in [6, 6.07) is 6.96. The molecule has 2 aromatic carbocycles. The van der Waals surface area contributed by atoms with Crippen molar-refractivity contribution >= 4 is 23.6 Å². The average molecular weight is 390 g/mol. The van der Waals surface area contributed by atoms with Crippen molar-refractivity contribution in [3.8, 4) is 5.75 Å². The highest BCUT2D eigenvalue weighted by molar-refractivity contribution is 6.31. The second kappa shape index (κ2) is 8.57. The molecule has 2 N–H and O–H groups in total. The van der Waals surface area contributed by atoms with Crippen LogP contribution < -0.4 is 5.32 Å². The highest BCUT2D eigenvalue weighted by Gasteiger charge is 2.16. The van der Waals surface area contributed by atoms with E-state index in [0.717, 1.165) is 11.1 Å². The fourth-order valence-electron chi connectivity index (χ4n) is 3.01. The van der Waals surface area contributed by atoms with Crippen molar-refractivity contribution in [1.29, 1.82) is 0 Å². The van der Waals surface area contributed by atoms with E-state index in [1.165, 1.54) is 13.1 Å². The van der Waals surface area contributed by atoms with E-state index in [-0.39, 0.29) is 29.0 Å². The van der Waals surface area contributed by atoms with Crippen LogP contribution in [0.3, 0.4) is 0 Å². The highest BCUT2D eigenvalue weighted by Crippen LogP contribution is 2.31. The Morgan fingerprint density at radius 2 is 2.00 bits per heavy atom. The standard InChI is InChI=1S/C22H25ClFNO2/c1-12(2)17-9-15(6-7-20(17)26)10-18-14(4)21(24)16(11-19(18)23)8-13(3)22(27)25-5/h6-9,11-12,26H,10H2,1-5H3,(H,25,27)/b13-8+. The van der Waals surface area contributed by atoms with Crippen LogP contribution in [0.15, 0.2) is 29.8 Å². The van der Waals surface area contributed by atoms with Gasteiger partial charge in [0.05, 0.1) is 0 Å². The van der Waals surface area contributed by atoms with Gasteiger partial charge in [-0.3, -0.25) is 4.79 Å². The molecule has 27 heavy (non-hydrogen) atoms. The Morgan fingerprint density at radius 3 is 2.59 bits per heavy atom. The average Bonchev–Trinajstić information content (AvgIpc) is 2.63. The second-order valence-electron chi connectivity index (χ2n) is 7.00. The van der Waals surface area contributed by atoms with E-state index in [9.17, 15) is 14.3 Å². The van der Waals surface area contributed by atoms with Crippen LogP contribution in [0, 0.1) is 12.7 Å². The van der Waals surface area contributed by atoms with Crippen LogP contribution in [0.2, 0.25) is 5.02 Å². The minimum atomic E-state index is -0.388. The third kappa shape index (κ3) is 4.69. The topological polar surface area (TPSA) is 49.3 Å². The fraction of sp³-hybridized carbons (Fsp3) is 0.318. The lowest BCUT2D eigenvalue weighted by Gasteiger charge is -2.15. The lowest BCUT2D eigenvalue weighted by Crippen LogP contribution is -2.18. The molecule has 0 aliphatic heterocycles. The number of amides is 1. The predicted molar refractivity (Wildman–Crippen MR) is 109 cm³/mol. The van der Waals surface area contributed by atoms with E-state index in [1.807, 2.05) is 26.0 Å². The zero-order valence-electron chi connectivity index (χ0n) is 16.3. The Bertz CT molecular complexity index is 904. The summed E-state index contributed by atoms with van der Waals surface area (Å²) in [5.41, 5.74) is 3.64. The van der Waals surface area contributed by atoms with Crippen molar-refractivity contribution in [2.45, 2.75) is 40.0 Å². The van der Waals surface area contributed by atoms with Gasteiger partial charge >= 0.3 is 0 Å². The number of hydrogen-bond donors (Lipinski definition) is 2. The SMILES string of the molecule is CNC(=O)/C(C)=C/c1cc(Cl)c(Cc2ccc(O)c(C(C)C)c2)c(C)c1F. The zero-order valence-corrected chi connectivity index (χ0v) is 17.0. The number of phenolic OH excluding ortho intramolecular Hbond substituents is 1. The normalized spacial score (nSPS) is 11.8. The van der Waals surface area contributed by atoms with Crippen molar-refractivity contribution in [2.24, 2.45) is 0 Å². The maximum atomic E-state index is 14.9. The molecular weight excluding hydrogens is 365 g/mol. The first-order valence-corrected chi connectivity index (χ1v) is 9.23. The van der Waals surface area contributed by atoms with Crippen LogP contribution in [-0.4, -0.2) is 18.1 Å². The summed E-state index contributed by atoms with van der Waals surface area (Å²) in [6.07, 6.45) is 1.95. The zero-order chi connectivity index (χ0) is 20.3. The molecule has 1 amide bonds. The number of carbonyl (C=O) groups excluding carboxylic acids is 1. The highest BCUT2D eigenvalue weighted by atomic mass is 35.5. The molecule has 0 radical (unpaired) electrons. The number of halogens is 2. The van der Waals surface area contributed by atoms with E-state index in [4.69, 9.17) is 11.6 Å². The molecular formula is C22H25ClFNO2. The van der Waals surface area contributed by atoms with Gasteiger partial charge in [0.25, 0.3) is 0 Å². The van der Waals surface area contributed by atoms with Gasteiger partial charge in [0.15, 0.2) is 0 Å². The molecule has 0 fully saturated rings. The van der Waals surface area contributed by atoms with Crippen molar-refractivity contribution in [2.75, 3.05) is 7.05 Å². The number of hydrogen-bond acceptors (Lipinski definition) is 2. The van der Waals surface area contributed by atoms with Gasteiger partial charge in [0.2, 0.25) is 5.91 Å². The monoisotopic (exact) mass is 389 g/mol. The molecule has 0 saturated carbocycles. The summed E-state index contributed by atoms with van der Waals surface area (Å²) >= 11 is 6.44. The van der Waals surface area contributed by atoms with E-state index >= 15 is 0 Å². The van der Waals surface area contributed by atoms with Crippen molar-refractivity contribution in [3.05, 3.63) is 68.5 Å². The maximum Gasteiger partial charge on any atom is 0.246 e. The van der Waals surface area contributed by atoms with Crippen LogP contribution >= 0.6 is 11.6 Å². The number of nitrogens with one attached hydrogen (secondary N) is 1. The van der Waals surface area contributed by atoms with Crippen LogP contribution in [0.4, 0.5) is 4.39 Å². The lowest BCUT2D eigenvalue weighted by molar-refractivity contribution is -0.116. The number of aromatic hydroxyl groups is 1. The quantitative estimate of drug-likeness (QED) is 0.676. The summed E-state index contributed by atoms with van der Waals surface area (Å²) < 4.78 is 14.9. The predicted octanol–water partition coefficient (Wildman–Crippen LogP) is 5.36. The Hall–Kier alpha value is -2.33. The first-order chi connectivity index (χ1) is 12.6. The van der Waals surface area contributed by atoms with Crippen LogP contribution in [0.5, 0.6) is 5.75 Å². The number of benzene rings is 2. The van der Waals surface area contributed by atoms with Gasteiger partial charge in [0.1, 0.15) is 11.6 Å².